The number of benzene rings is 1. The number of hydrogen-bond acceptors (Lipinski definition) is 1. The monoisotopic (exact) mass is 309 g/mol. The predicted molar refractivity (Wildman–Crippen MR) is 85.9 cm³/mol. The lowest BCUT2D eigenvalue weighted by molar-refractivity contribution is 0.117. The molecule has 2 fully saturated rings. The third-order valence-corrected chi connectivity index (χ3v) is 5.88. The minimum atomic E-state index is -0.179. The van der Waals surface area contributed by atoms with Gasteiger partial charge in [0.2, 0.25) is 0 Å². The maximum absolute atomic E-state index is 13.9. The molecule has 2 N–H and O–H groups in total. The van der Waals surface area contributed by atoms with Crippen molar-refractivity contribution in [2.75, 3.05) is 0 Å². The number of hydrogen-bond donors (Lipinski definition) is 1. The van der Waals surface area contributed by atoms with Crippen molar-refractivity contribution >= 4 is 11.6 Å². The molecule has 0 heterocycles. The first-order chi connectivity index (χ1) is 10.1. The van der Waals surface area contributed by atoms with E-state index in [4.69, 9.17) is 17.3 Å². The zero-order valence-corrected chi connectivity index (χ0v) is 13.3. The first kappa shape index (κ1) is 15.3. The van der Waals surface area contributed by atoms with Gasteiger partial charge in [-0.2, -0.15) is 0 Å². The molecule has 0 bridgehead atoms. The summed E-state index contributed by atoms with van der Waals surface area (Å²) in [5.41, 5.74) is 7.08. The van der Waals surface area contributed by atoms with Crippen molar-refractivity contribution < 1.29 is 4.39 Å². The molecule has 116 valence electrons. The molecule has 1 aromatic carbocycles. The summed E-state index contributed by atoms with van der Waals surface area (Å²) < 4.78 is 13.9. The summed E-state index contributed by atoms with van der Waals surface area (Å²) in [7, 11) is 0. The number of rotatable bonds is 3. The van der Waals surface area contributed by atoms with E-state index >= 15 is 0 Å². The van der Waals surface area contributed by atoms with Crippen molar-refractivity contribution in [1.29, 1.82) is 0 Å². The maximum atomic E-state index is 13.9. The first-order valence-corrected chi connectivity index (χ1v) is 8.71. The van der Waals surface area contributed by atoms with Crippen LogP contribution in [0.5, 0.6) is 0 Å². The third kappa shape index (κ3) is 3.60. The van der Waals surface area contributed by atoms with Crippen LogP contribution >= 0.6 is 11.6 Å². The molecule has 1 aromatic rings. The van der Waals surface area contributed by atoms with E-state index in [0.717, 1.165) is 11.8 Å². The normalized spacial score (nSPS) is 30.7. The molecular weight excluding hydrogens is 285 g/mol. The molecule has 0 saturated heterocycles. The van der Waals surface area contributed by atoms with E-state index in [1.54, 1.807) is 12.1 Å². The van der Waals surface area contributed by atoms with Gasteiger partial charge >= 0.3 is 0 Å². The quantitative estimate of drug-likeness (QED) is 0.839. The van der Waals surface area contributed by atoms with Crippen molar-refractivity contribution in [2.24, 2.45) is 23.5 Å². The van der Waals surface area contributed by atoms with Crippen LogP contribution in [0, 0.1) is 23.6 Å². The van der Waals surface area contributed by atoms with Gasteiger partial charge in [-0.25, -0.2) is 4.39 Å². The van der Waals surface area contributed by atoms with E-state index in [-0.39, 0.29) is 11.9 Å². The number of nitrogens with two attached hydrogens (primary N) is 1. The summed E-state index contributed by atoms with van der Waals surface area (Å²) in [5.74, 6) is 2.17. The van der Waals surface area contributed by atoms with E-state index in [0.29, 0.717) is 22.9 Å². The Morgan fingerprint density at radius 1 is 1.14 bits per heavy atom. The van der Waals surface area contributed by atoms with Crippen molar-refractivity contribution in [2.45, 2.75) is 57.4 Å². The van der Waals surface area contributed by atoms with Crippen molar-refractivity contribution in [3.8, 4) is 0 Å². The summed E-state index contributed by atoms with van der Waals surface area (Å²) in [6.07, 6.45) is 9.96. The van der Waals surface area contributed by atoms with Crippen LogP contribution in [0.1, 0.15) is 50.5 Å². The van der Waals surface area contributed by atoms with Crippen LogP contribution < -0.4 is 5.73 Å². The molecule has 1 nitrogen and oxygen atoms in total. The first-order valence-electron chi connectivity index (χ1n) is 8.33. The molecule has 0 amide bonds. The van der Waals surface area contributed by atoms with Crippen LogP contribution in [0.25, 0.3) is 0 Å². The van der Waals surface area contributed by atoms with Gasteiger partial charge in [-0.3, -0.25) is 0 Å². The zero-order chi connectivity index (χ0) is 14.8. The van der Waals surface area contributed by atoms with Crippen LogP contribution in [0.15, 0.2) is 18.2 Å². The second-order valence-corrected chi connectivity index (χ2v) is 7.42. The zero-order valence-electron chi connectivity index (χ0n) is 12.5. The van der Waals surface area contributed by atoms with Crippen molar-refractivity contribution in [3.05, 3.63) is 34.6 Å². The smallest absolute Gasteiger partial charge is 0.126 e. The van der Waals surface area contributed by atoms with Crippen LogP contribution in [0.3, 0.4) is 0 Å². The fourth-order valence-electron chi connectivity index (χ4n) is 4.42. The van der Waals surface area contributed by atoms with E-state index in [1.165, 1.54) is 51.0 Å². The van der Waals surface area contributed by atoms with Gasteiger partial charge < -0.3 is 5.73 Å². The fourth-order valence-corrected chi connectivity index (χ4v) is 4.61. The van der Waals surface area contributed by atoms with E-state index in [9.17, 15) is 4.39 Å². The molecule has 4 atom stereocenters. The van der Waals surface area contributed by atoms with Gasteiger partial charge in [0.1, 0.15) is 5.82 Å². The lowest BCUT2D eigenvalue weighted by Crippen LogP contribution is -2.39. The van der Waals surface area contributed by atoms with E-state index < -0.39 is 0 Å². The molecule has 0 radical (unpaired) electrons. The largest absolute Gasteiger partial charge is 0.327 e. The summed E-state index contributed by atoms with van der Waals surface area (Å²) in [4.78, 5) is 0. The van der Waals surface area contributed by atoms with Crippen LogP contribution in [-0.4, -0.2) is 6.04 Å². The fraction of sp³-hybridized carbons (Fsp3) is 0.667. The second kappa shape index (κ2) is 6.66. The molecule has 0 aromatic heterocycles. The SMILES string of the molecule is NC(Cc1cc(Cl)ccc1F)C1CCC2CCCCC2C1. The molecule has 2 saturated carbocycles. The molecule has 0 aliphatic heterocycles. The Bertz CT molecular complexity index is 490. The average molecular weight is 310 g/mol. The highest BCUT2D eigenvalue weighted by Gasteiger charge is 2.34. The minimum absolute atomic E-state index is 0.0563. The topological polar surface area (TPSA) is 26.0 Å². The summed E-state index contributed by atoms with van der Waals surface area (Å²) in [5, 5.41) is 0.592. The Balaban J connectivity index is 1.62. The number of fused-ring (bicyclic) bond motifs is 1. The summed E-state index contributed by atoms with van der Waals surface area (Å²) in [6.45, 7) is 0. The second-order valence-electron chi connectivity index (χ2n) is 6.98. The van der Waals surface area contributed by atoms with Gasteiger partial charge in [-0.05, 0) is 67.2 Å². The van der Waals surface area contributed by atoms with Gasteiger partial charge in [0.15, 0.2) is 0 Å². The van der Waals surface area contributed by atoms with Crippen LogP contribution in [0.2, 0.25) is 5.02 Å². The molecular formula is C18H25ClFN. The van der Waals surface area contributed by atoms with E-state index in [2.05, 4.69) is 0 Å². The molecule has 0 spiro atoms. The van der Waals surface area contributed by atoms with Gasteiger partial charge in [0.25, 0.3) is 0 Å². The van der Waals surface area contributed by atoms with Crippen LogP contribution in [0.4, 0.5) is 4.39 Å². The van der Waals surface area contributed by atoms with Gasteiger partial charge in [-0.1, -0.05) is 37.3 Å². The number of halogens is 2. The molecule has 3 heteroatoms. The van der Waals surface area contributed by atoms with E-state index in [1.807, 2.05) is 0 Å². The molecule has 3 rings (SSSR count). The third-order valence-electron chi connectivity index (χ3n) is 5.65. The molecule has 2 aliphatic rings. The highest BCUT2D eigenvalue weighted by atomic mass is 35.5. The summed E-state index contributed by atoms with van der Waals surface area (Å²) >= 11 is 5.97. The van der Waals surface area contributed by atoms with Gasteiger partial charge in [0.05, 0.1) is 0 Å². The Labute approximate surface area is 132 Å². The highest BCUT2D eigenvalue weighted by Crippen LogP contribution is 2.43. The Hall–Kier alpha value is -0.600. The van der Waals surface area contributed by atoms with Crippen molar-refractivity contribution in [3.63, 3.8) is 0 Å². The van der Waals surface area contributed by atoms with Gasteiger partial charge in [0, 0.05) is 11.1 Å². The molecule has 4 unspecified atom stereocenters. The predicted octanol–water partition coefficient (Wildman–Crippen LogP) is 4.96. The molecule has 2 aliphatic carbocycles. The Kier molecular flexibility index (Phi) is 4.85. The minimum Gasteiger partial charge on any atom is -0.327 e. The summed E-state index contributed by atoms with van der Waals surface area (Å²) in [6, 6.07) is 4.82. The Morgan fingerprint density at radius 2 is 1.90 bits per heavy atom. The van der Waals surface area contributed by atoms with Crippen molar-refractivity contribution in [1.82, 2.24) is 0 Å². The standard InChI is InChI=1S/C18H25ClFN/c19-16-7-8-17(20)15(10-16)11-18(21)14-6-5-12-3-1-2-4-13(12)9-14/h7-8,10,12-14,18H,1-6,9,11,21H2. The Morgan fingerprint density at radius 3 is 2.71 bits per heavy atom. The lowest BCUT2D eigenvalue weighted by atomic mass is 9.66. The average Bonchev–Trinajstić information content (AvgIpc) is 2.50. The molecule has 21 heavy (non-hydrogen) atoms. The maximum Gasteiger partial charge on any atom is 0.126 e. The van der Waals surface area contributed by atoms with Gasteiger partial charge in [-0.15, -0.1) is 0 Å². The lowest BCUT2D eigenvalue weighted by Gasteiger charge is -2.41. The van der Waals surface area contributed by atoms with Crippen LogP contribution in [-0.2, 0) is 6.42 Å². The highest BCUT2D eigenvalue weighted by molar-refractivity contribution is 6.30.